The second kappa shape index (κ2) is 5.59. The van der Waals surface area contributed by atoms with E-state index in [2.05, 4.69) is 29.1 Å². The van der Waals surface area contributed by atoms with E-state index >= 15 is 0 Å². The van der Waals surface area contributed by atoms with Crippen LogP contribution in [0.15, 0.2) is 33.7 Å². The summed E-state index contributed by atoms with van der Waals surface area (Å²) >= 11 is 3.31. The van der Waals surface area contributed by atoms with Gasteiger partial charge in [-0.3, -0.25) is 0 Å². The van der Waals surface area contributed by atoms with E-state index in [1.807, 2.05) is 16.8 Å². The number of hydrogen-bond acceptors (Lipinski definition) is 4. The third kappa shape index (κ3) is 2.92. The molecule has 2 nitrogen and oxygen atoms in total. The maximum atomic E-state index is 9.90. The lowest BCUT2D eigenvalue weighted by Crippen LogP contribution is -2.24. The van der Waals surface area contributed by atoms with Crippen LogP contribution in [0.2, 0.25) is 0 Å². The number of aliphatic hydroxyl groups is 1. The average Bonchev–Trinajstić information content (AvgIpc) is 2.95. The number of nitrogens with one attached hydrogen (secondary N) is 1. The molecule has 0 aliphatic carbocycles. The van der Waals surface area contributed by atoms with Crippen LogP contribution in [0.25, 0.3) is 0 Å². The predicted molar refractivity (Wildman–Crippen MR) is 70.0 cm³/mol. The first-order valence-electron chi connectivity index (χ1n) is 5.23. The zero-order valence-electron chi connectivity index (χ0n) is 9.09. The van der Waals surface area contributed by atoms with E-state index in [1.165, 1.54) is 5.56 Å². The van der Waals surface area contributed by atoms with Gasteiger partial charge in [0.1, 0.15) is 0 Å². The zero-order valence-corrected chi connectivity index (χ0v) is 10.7. The molecule has 2 atom stereocenters. The van der Waals surface area contributed by atoms with Crippen molar-refractivity contribution in [1.29, 1.82) is 0 Å². The summed E-state index contributed by atoms with van der Waals surface area (Å²) in [5, 5.41) is 21.4. The van der Waals surface area contributed by atoms with Gasteiger partial charge in [-0.2, -0.15) is 22.7 Å². The molecule has 0 fully saturated rings. The number of aliphatic hydroxyl groups excluding tert-OH is 1. The first-order valence-corrected chi connectivity index (χ1v) is 7.11. The maximum Gasteiger partial charge on any atom is 0.0922 e. The summed E-state index contributed by atoms with van der Waals surface area (Å²) in [5.41, 5.74) is 2.28. The largest absolute Gasteiger partial charge is 0.387 e. The lowest BCUT2D eigenvalue weighted by Gasteiger charge is -2.15. The molecule has 0 amide bonds. The lowest BCUT2D eigenvalue weighted by atomic mass is 10.1. The van der Waals surface area contributed by atoms with Gasteiger partial charge in [0.15, 0.2) is 0 Å². The molecule has 0 saturated heterocycles. The predicted octanol–water partition coefficient (Wildman–Crippen LogP) is 3.19. The van der Waals surface area contributed by atoms with Crippen LogP contribution in [-0.4, -0.2) is 11.7 Å². The molecule has 0 bridgehead atoms. The van der Waals surface area contributed by atoms with Crippen molar-refractivity contribution in [2.24, 2.45) is 0 Å². The lowest BCUT2D eigenvalue weighted by molar-refractivity contribution is 0.171. The fraction of sp³-hybridized carbons (Fsp3) is 0.333. The van der Waals surface area contributed by atoms with E-state index in [1.54, 1.807) is 22.7 Å². The van der Waals surface area contributed by atoms with E-state index in [4.69, 9.17) is 0 Å². The van der Waals surface area contributed by atoms with Gasteiger partial charge < -0.3 is 10.4 Å². The fourth-order valence-electron chi connectivity index (χ4n) is 1.51. The van der Waals surface area contributed by atoms with Crippen LogP contribution in [0.1, 0.15) is 30.2 Å². The molecule has 2 rings (SSSR count). The number of hydrogen-bond donors (Lipinski definition) is 2. The number of thiophene rings is 2. The van der Waals surface area contributed by atoms with Gasteiger partial charge in [0, 0.05) is 12.6 Å². The molecule has 0 aromatic carbocycles. The third-order valence-electron chi connectivity index (χ3n) is 2.59. The van der Waals surface area contributed by atoms with Gasteiger partial charge in [-0.05, 0) is 51.7 Å². The molecule has 0 aliphatic heterocycles. The Balaban J connectivity index is 1.84. The number of rotatable bonds is 5. The maximum absolute atomic E-state index is 9.90. The monoisotopic (exact) mass is 253 g/mol. The average molecular weight is 253 g/mol. The molecule has 16 heavy (non-hydrogen) atoms. The van der Waals surface area contributed by atoms with Gasteiger partial charge >= 0.3 is 0 Å². The van der Waals surface area contributed by atoms with Crippen LogP contribution in [0.5, 0.6) is 0 Å². The standard InChI is InChI=1S/C12H15NOS2/c1-9(10-2-4-15-7-10)13-6-12(14)11-3-5-16-8-11/h2-5,7-9,12-14H,6H2,1H3. The van der Waals surface area contributed by atoms with Gasteiger partial charge in [0.05, 0.1) is 6.10 Å². The van der Waals surface area contributed by atoms with Crippen molar-refractivity contribution in [2.45, 2.75) is 19.1 Å². The highest BCUT2D eigenvalue weighted by Gasteiger charge is 2.10. The highest BCUT2D eigenvalue weighted by atomic mass is 32.1. The fourth-order valence-corrected chi connectivity index (χ4v) is 2.97. The molecule has 2 unspecified atom stereocenters. The molecule has 2 N–H and O–H groups in total. The SMILES string of the molecule is CC(NCC(O)c1ccsc1)c1ccsc1. The summed E-state index contributed by atoms with van der Waals surface area (Å²) in [6.45, 7) is 2.70. The van der Waals surface area contributed by atoms with Crippen LogP contribution in [0, 0.1) is 0 Å². The highest BCUT2D eigenvalue weighted by Crippen LogP contribution is 2.18. The van der Waals surface area contributed by atoms with Crippen LogP contribution in [0.4, 0.5) is 0 Å². The van der Waals surface area contributed by atoms with E-state index in [0.717, 1.165) is 5.56 Å². The van der Waals surface area contributed by atoms with Crippen molar-refractivity contribution in [3.8, 4) is 0 Å². The Kier molecular flexibility index (Phi) is 4.12. The van der Waals surface area contributed by atoms with E-state index in [0.29, 0.717) is 12.6 Å². The summed E-state index contributed by atoms with van der Waals surface area (Å²) in [4.78, 5) is 0. The van der Waals surface area contributed by atoms with Crippen molar-refractivity contribution in [3.63, 3.8) is 0 Å². The Bertz CT molecular complexity index is 356. The highest BCUT2D eigenvalue weighted by molar-refractivity contribution is 7.08. The molecule has 0 aliphatic rings. The van der Waals surface area contributed by atoms with Crippen LogP contribution >= 0.6 is 22.7 Å². The van der Waals surface area contributed by atoms with Gasteiger partial charge in [-0.15, -0.1) is 0 Å². The summed E-state index contributed by atoms with van der Waals surface area (Å²) in [6, 6.07) is 4.37. The van der Waals surface area contributed by atoms with Gasteiger partial charge in [-0.25, -0.2) is 0 Å². The van der Waals surface area contributed by atoms with E-state index < -0.39 is 6.10 Å². The second-order valence-corrected chi connectivity index (χ2v) is 5.32. The molecular formula is C12H15NOS2. The normalized spacial score (nSPS) is 14.9. The van der Waals surface area contributed by atoms with E-state index in [-0.39, 0.29) is 0 Å². The summed E-state index contributed by atoms with van der Waals surface area (Å²) in [5.74, 6) is 0. The van der Waals surface area contributed by atoms with Crippen molar-refractivity contribution in [3.05, 3.63) is 44.8 Å². The summed E-state index contributed by atoms with van der Waals surface area (Å²) in [6.07, 6.45) is -0.410. The minimum atomic E-state index is -0.410. The molecule has 4 heteroatoms. The smallest absolute Gasteiger partial charge is 0.0922 e. The van der Waals surface area contributed by atoms with Gasteiger partial charge in [0.2, 0.25) is 0 Å². The van der Waals surface area contributed by atoms with E-state index in [9.17, 15) is 5.11 Å². The Labute approximate surface area is 104 Å². The summed E-state index contributed by atoms with van der Waals surface area (Å²) < 4.78 is 0. The molecule has 0 spiro atoms. The molecule has 86 valence electrons. The van der Waals surface area contributed by atoms with Gasteiger partial charge in [0.25, 0.3) is 0 Å². The Morgan fingerprint density at radius 1 is 1.19 bits per heavy atom. The summed E-state index contributed by atoms with van der Waals surface area (Å²) in [7, 11) is 0. The minimum absolute atomic E-state index is 0.291. The van der Waals surface area contributed by atoms with Crippen LogP contribution in [0.3, 0.4) is 0 Å². The molecule has 0 saturated carbocycles. The first-order chi connectivity index (χ1) is 7.77. The third-order valence-corrected chi connectivity index (χ3v) is 3.99. The topological polar surface area (TPSA) is 32.3 Å². The van der Waals surface area contributed by atoms with Crippen molar-refractivity contribution >= 4 is 22.7 Å². The second-order valence-electron chi connectivity index (χ2n) is 3.76. The molecular weight excluding hydrogens is 238 g/mol. The first kappa shape index (κ1) is 11.8. The molecule has 2 aromatic rings. The van der Waals surface area contributed by atoms with Crippen LogP contribution in [-0.2, 0) is 0 Å². The molecule has 2 heterocycles. The Morgan fingerprint density at radius 2 is 1.81 bits per heavy atom. The van der Waals surface area contributed by atoms with Crippen molar-refractivity contribution in [1.82, 2.24) is 5.32 Å². The van der Waals surface area contributed by atoms with Crippen molar-refractivity contribution in [2.75, 3.05) is 6.54 Å². The molecule has 2 aromatic heterocycles. The minimum Gasteiger partial charge on any atom is -0.387 e. The van der Waals surface area contributed by atoms with Crippen LogP contribution < -0.4 is 5.32 Å². The Morgan fingerprint density at radius 3 is 2.38 bits per heavy atom. The Hall–Kier alpha value is -0.680. The molecule has 0 radical (unpaired) electrons. The van der Waals surface area contributed by atoms with Crippen molar-refractivity contribution < 1.29 is 5.11 Å². The van der Waals surface area contributed by atoms with Gasteiger partial charge in [-0.1, -0.05) is 0 Å². The quantitative estimate of drug-likeness (QED) is 0.857. The zero-order chi connectivity index (χ0) is 11.4.